The largest absolute Gasteiger partial charge is 0.372 e. The fourth-order valence-electron chi connectivity index (χ4n) is 8.33. The Hall–Kier alpha value is -3.45. The summed E-state index contributed by atoms with van der Waals surface area (Å²) in [4.78, 5) is 8.59. The summed E-state index contributed by atoms with van der Waals surface area (Å²) in [6, 6.07) is 21.5. The molecule has 6 nitrogen and oxygen atoms in total. The van der Waals surface area contributed by atoms with Gasteiger partial charge in [0.15, 0.2) is 0 Å². The molecule has 0 amide bonds. The smallest absolute Gasteiger partial charge is 0.124 e. The van der Waals surface area contributed by atoms with Crippen LogP contribution < -0.4 is 21.7 Å². The molecule has 6 N–H and O–H groups in total. The summed E-state index contributed by atoms with van der Waals surface area (Å²) in [6.45, 7) is 6.81. The van der Waals surface area contributed by atoms with Crippen molar-refractivity contribution in [2.45, 2.75) is 89.1 Å². The van der Waals surface area contributed by atoms with E-state index >= 15 is 0 Å². The first-order valence-electron chi connectivity index (χ1n) is 17.0. The van der Waals surface area contributed by atoms with Gasteiger partial charge in [0, 0.05) is 11.7 Å². The Balaban J connectivity index is 1.27. The van der Waals surface area contributed by atoms with Gasteiger partial charge in [0.25, 0.3) is 0 Å². The summed E-state index contributed by atoms with van der Waals surface area (Å²) in [5, 5.41) is 10.6. The summed E-state index contributed by atoms with van der Waals surface area (Å²) in [6.07, 6.45) is 13.4. The second kappa shape index (κ2) is 12.5. The van der Waals surface area contributed by atoms with Gasteiger partial charge < -0.3 is 26.7 Å². The number of imidazole rings is 1. The van der Waals surface area contributed by atoms with Crippen molar-refractivity contribution in [2.24, 2.45) is 5.73 Å². The van der Waals surface area contributed by atoms with Gasteiger partial charge in [0.1, 0.15) is 5.82 Å². The van der Waals surface area contributed by atoms with E-state index in [1.165, 1.54) is 66.3 Å². The Morgan fingerprint density at radius 2 is 1.80 bits per heavy atom. The third-order valence-corrected chi connectivity index (χ3v) is 10.5. The number of nitrogens with two attached hydrogens (primary N) is 1. The van der Waals surface area contributed by atoms with E-state index in [9.17, 15) is 0 Å². The van der Waals surface area contributed by atoms with Crippen molar-refractivity contribution in [3.05, 3.63) is 83.2 Å². The third-order valence-electron chi connectivity index (χ3n) is 10.5. The summed E-state index contributed by atoms with van der Waals surface area (Å²) < 4.78 is 0. The first kappa shape index (κ1) is 29.3. The number of aromatic amines is 1. The molecular weight excluding hydrogens is 540 g/mol. The van der Waals surface area contributed by atoms with E-state index in [0.29, 0.717) is 24.2 Å². The van der Waals surface area contributed by atoms with Crippen LogP contribution in [0.2, 0.25) is 0 Å². The zero-order valence-electron chi connectivity index (χ0n) is 26.4. The standard InChI is InChI=1S/C38H48N6/c1-3-28(40-4-2)23-34(42-24-39)26-11-9-25(10-12-26)30-15-14-29(31-17-20-38(36(30)31)18-5-6-19-38)27-13-16-32-35(22-27)44-37(43-32)33-8-7-21-41-33/h9-16,22-23,28,33,40-42H,3-8,17-21,24,39H2,1-2H3,(H,43,44)/b34-23-/t28-,33?/m0/s1. The minimum Gasteiger partial charge on any atom is -0.372 e. The van der Waals surface area contributed by atoms with Crippen LogP contribution in [0.25, 0.3) is 39.0 Å². The molecule has 230 valence electrons. The molecule has 7 rings (SSSR count). The zero-order valence-corrected chi connectivity index (χ0v) is 26.4. The highest BCUT2D eigenvalue weighted by Gasteiger charge is 2.43. The lowest BCUT2D eigenvalue weighted by Gasteiger charge is -2.28. The van der Waals surface area contributed by atoms with Crippen LogP contribution in [0.1, 0.15) is 93.8 Å². The quantitative estimate of drug-likeness (QED) is 0.125. The predicted molar refractivity (Wildman–Crippen MR) is 183 cm³/mol. The van der Waals surface area contributed by atoms with E-state index in [2.05, 4.69) is 95.5 Å². The van der Waals surface area contributed by atoms with Crippen LogP contribution >= 0.6 is 0 Å². The van der Waals surface area contributed by atoms with Crippen LogP contribution in [-0.2, 0) is 11.8 Å². The van der Waals surface area contributed by atoms with Crippen LogP contribution in [0.4, 0.5) is 0 Å². The molecule has 0 bridgehead atoms. The number of nitrogens with zero attached hydrogens (tertiary/aromatic N) is 1. The highest BCUT2D eigenvalue weighted by atomic mass is 15.0. The molecule has 0 radical (unpaired) electrons. The molecule has 44 heavy (non-hydrogen) atoms. The maximum absolute atomic E-state index is 5.95. The van der Waals surface area contributed by atoms with Crippen molar-refractivity contribution in [1.82, 2.24) is 25.9 Å². The number of H-pyrrole nitrogens is 1. The maximum atomic E-state index is 5.95. The normalized spacial score (nSPS) is 20.1. The molecule has 1 saturated heterocycles. The van der Waals surface area contributed by atoms with Crippen molar-refractivity contribution in [3.8, 4) is 22.3 Å². The van der Waals surface area contributed by atoms with E-state index < -0.39 is 0 Å². The molecule has 3 aromatic carbocycles. The number of fused-ring (bicyclic) bond motifs is 3. The van der Waals surface area contributed by atoms with Gasteiger partial charge in [0.2, 0.25) is 0 Å². The Morgan fingerprint density at radius 3 is 2.52 bits per heavy atom. The second-order valence-electron chi connectivity index (χ2n) is 13.1. The summed E-state index contributed by atoms with van der Waals surface area (Å²) in [7, 11) is 0. The van der Waals surface area contributed by atoms with Crippen molar-refractivity contribution in [2.75, 3.05) is 19.8 Å². The molecule has 2 aliphatic carbocycles. The van der Waals surface area contributed by atoms with Crippen molar-refractivity contribution in [1.29, 1.82) is 0 Å². The Morgan fingerprint density at radius 1 is 1.00 bits per heavy atom. The van der Waals surface area contributed by atoms with Crippen LogP contribution in [0.5, 0.6) is 0 Å². The minimum atomic E-state index is 0.311. The number of hydrogen-bond donors (Lipinski definition) is 5. The lowest BCUT2D eigenvalue weighted by Crippen LogP contribution is -2.29. The fourth-order valence-corrected chi connectivity index (χ4v) is 8.33. The Kier molecular flexibility index (Phi) is 8.32. The summed E-state index contributed by atoms with van der Waals surface area (Å²) in [5.41, 5.74) is 19.4. The highest BCUT2D eigenvalue weighted by molar-refractivity contribution is 5.86. The van der Waals surface area contributed by atoms with Gasteiger partial charge in [-0.05, 0) is 121 Å². The SMILES string of the molecule is CCN[C@H](/C=C(\NCN)c1ccc(-c2ccc(-c3ccc4nc(C5CCCN5)[nH]c4c3)c3c2C2(CCCC2)CC3)cc1)CC. The number of nitrogens with one attached hydrogen (secondary N) is 4. The monoisotopic (exact) mass is 588 g/mol. The number of benzene rings is 3. The first-order chi connectivity index (χ1) is 21.6. The lowest BCUT2D eigenvalue weighted by molar-refractivity contribution is 0.440. The van der Waals surface area contributed by atoms with Gasteiger partial charge in [-0.25, -0.2) is 4.98 Å². The number of rotatable bonds is 10. The topological polar surface area (TPSA) is 90.8 Å². The average Bonchev–Trinajstić information content (AvgIpc) is 3.88. The highest BCUT2D eigenvalue weighted by Crippen LogP contribution is 2.55. The van der Waals surface area contributed by atoms with Gasteiger partial charge >= 0.3 is 0 Å². The summed E-state index contributed by atoms with van der Waals surface area (Å²) in [5.74, 6) is 1.08. The zero-order chi connectivity index (χ0) is 30.1. The van der Waals surface area contributed by atoms with Gasteiger partial charge in [0.05, 0.1) is 23.7 Å². The molecule has 3 aliphatic rings. The lowest BCUT2D eigenvalue weighted by atomic mass is 9.76. The number of aromatic nitrogens is 2. The van der Waals surface area contributed by atoms with Crippen molar-refractivity contribution in [3.63, 3.8) is 0 Å². The molecule has 1 aliphatic heterocycles. The van der Waals surface area contributed by atoms with Crippen LogP contribution in [0, 0.1) is 0 Å². The van der Waals surface area contributed by atoms with Crippen molar-refractivity contribution >= 4 is 16.7 Å². The van der Waals surface area contributed by atoms with Gasteiger partial charge in [-0.1, -0.05) is 69.2 Å². The minimum absolute atomic E-state index is 0.311. The molecule has 4 aromatic rings. The third kappa shape index (κ3) is 5.38. The van der Waals surface area contributed by atoms with Gasteiger partial charge in [-0.2, -0.15) is 0 Å². The molecule has 1 saturated carbocycles. The molecule has 1 unspecified atom stereocenters. The maximum Gasteiger partial charge on any atom is 0.124 e. The van der Waals surface area contributed by atoms with Crippen LogP contribution in [0.3, 0.4) is 0 Å². The van der Waals surface area contributed by atoms with Crippen LogP contribution in [0.15, 0.2) is 60.7 Å². The Bertz CT molecular complexity index is 1640. The number of hydrogen-bond acceptors (Lipinski definition) is 5. The van der Waals surface area contributed by atoms with Crippen molar-refractivity contribution < 1.29 is 0 Å². The van der Waals surface area contributed by atoms with Gasteiger partial charge in [-0.3, -0.25) is 0 Å². The molecule has 2 heterocycles. The number of likely N-dealkylation sites (N-methyl/N-ethyl adjacent to an activating group) is 1. The molecule has 2 atom stereocenters. The van der Waals surface area contributed by atoms with E-state index in [4.69, 9.17) is 10.7 Å². The molecule has 1 aromatic heterocycles. The van der Waals surface area contributed by atoms with Crippen LogP contribution in [-0.4, -0.2) is 35.8 Å². The summed E-state index contributed by atoms with van der Waals surface area (Å²) >= 11 is 0. The molecular formula is C38H48N6. The Labute approximate surface area is 262 Å². The van der Waals surface area contributed by atoms with E-state index in [-0.39, 0.29) is 0 Å². The van der Waals surface area contributed by atoms with E-state index in [0.717, 1.165) is 54.9 Å². The molecule has 6 heteroatoms. The predicted octanol–water partition coefficient (Wildman–Crippen LogP) is 7.31. The molecule has 2 fully saturated rings. The van der Waals surface area contributed by atoms with E-state index in [1.807, 2.05) is 0 Å². The average molecular weight is 589 g/mol. The molecule has 1 spiro atoms. The van der Waals surface area contributed by atoms with Gasteiger partial charge in [-0.15, -0.1) is 0 Å². The second-order valence-corrected chi connectivity index (χ2v) is 13.1. The first-order valence-corrected chi connectivity index (χ1v) is 17.0. The van der Waals surface area contributed by atoms with E-state index in [1.54, 1.807) is 11.1 Å². The fraction of sp³-hybridized carbons (Fsp3) is 0.447.